The predicted molar refractivity (Wildman–Crippen MR) is 106 cm³/mol. The number of ketones is 1. The molecule has 1 aromatic rings. The molecule has 0 saturated heterocycles. The number of unbranched alkanes of at least 4 members (excludes halogenated alkanes) is 2. The van der Waals surface area contributed by atoms with Crippen LogP contribution in [0.3, 0.4) is 0 Å². The summed E-state index contributed by atoms with van der Waals surface area (Å²) in [5.41, 5.74) is 2.24. The van der Waals surface area contributed by atoms with Crippen molar-refractivity contribution in [2.24, 2.45) is 0 Å². The molecule has 1 unspecified atom stereocenters. The Bertz CT molecular complexity index is 574. The molecule has 4 heteroatoms. The second kappa shape index (κ2) is 12.5. The summed E-state index contributed by atoms with van der Waals surface area (Å²) in [5, 5.41) is 9.92. The van der Waals surface area contributed by atoms with Crippen LogP contribution in [0.1, 0.15) is 64.9 Å². The van der Waals surface area contributed by atoms with Crippen LogP contribution in [-0.2, 0) is 11.2 Å². The highest BCUT2D eigenvalue weighted by molar-refractivity contribution is 5.79. The van der Waals surface area contributed by atoms with Crippen molar-refractivity contribution < 1.29 is 19.4 Å². The zero-order valence-corrected chi connectivity index (χ0v) is 16.7. The van der Waals surface area contributed by atoms with Crippen LogP contribution >= 0.6 is 0 Å². The summed E-state index contributed by atoms with van der Waals surface area (Å²) in [7, 11) is 1.62. The van der Waals surface area contributed by atoms with E-state index < -0.39 is 6.10 Å². The molecule has 0 spiro atoms. The molecular weight excluding hydrogens is 328 g/mol. The maximum absolute atomic E-state index is 12.1. The lowest BCUT2D eigenvalue weighted by atomic mass is 10.0. The highest BCUT2D eigenvalue weighted by Crippen LogP contribution is 2.28. The Kier molecular flexibility index (Phi) is 10.7. The van der Waals surface area contributed by atoms with E-state index in [1.165, 1.54) is 5.57 Å². The molecule has 0 bridgehead atoms. The van der Waals surface area contributed by atoms with Gasteiger partial charge in [0.05, 0.1) is 13.2 Å². The van der Waals surface area contributed by atoms with E-state index in [0.29, 0.717) is 37.4 Å². The van der Waals surface area contributed by atoms with Crippen molar-refractivity contribution >= 4 is 5.78 Å². The fourth-order valence-corrected chi connectivity index (χ4v) is 2.67. The van der Waals surface area contributed by atoms with Gasteiger partial charge in [-0.3, -0.25) is 4.79 Å². The van der Waals surface area contributed by atoms with Crippen molar-refractivity contribution in [2.75, 3.05) is 13.7 Å². The van der Waals surface area contributed by atoms with Crippen LogP contribution in [0.2, 0.25) is 0 Å². The number of carbonyl (C=O) groups is 1. The molecule has 0 amide bonds. The number of methoxy groups -OCH3 is 1. The van der Waals surface area contributed by atoms with Gasteiger partial charge in [-0.15, -0.1) is 0 Å². The van der Waals surface area contributed by atoms with Crippen molar-refractivity contribution in [1.82, 2.24) is 0 Å². The minimum absolute atomic E-state index is 0.108. The maximum Gasteiger partial charge on any atom is 0.161 e. The number of aryl methyl sites for hydroxylation is 1. The standard InChI is InChI=1S/C22H34O4/c1-5-6-7-8-19(23)16-20(24)11-9-18-10-12-21(22(15-18)25-4)26-14-13-17(2)3/h10,12-13,15,19,23H,5-9,11,14,16H2,1-4H3. The first-order chi connectivity index (χ1) is 12.5. The van der Waals surface area contributed by atoms with Crippen LogP contribution in [0, 0.1) is 0 Å². The Balaban J connectivity index is 2.49. The molecule has 0 fully saturated rings. The Morgan fingerprint density at radius 2 is 2.00 bits per heavy atom. The Hall–Kier alpha value is -1.81. The first-order valence-corrected chi connectivity index (χ1v) is 9.59. The van der Waals surface area contributed by atoms with Gasteiger partial charge in [-0.2, -0.15) is 0 Å². The second-order valence-electron chi connectivity index (χ2n) is 6.97. The van der Waals surface area contributed by atoms with E-state index in [4.69, 9.17) is 9.47 Å². The van der Waals surface area contributed by atoms with Crippen LogP contribution in [0.5, 0.6) is 11.5 Å². The SMILES string of the molecule is CCCCCC(O)CC(=O)CCc1ccc(OCC=C(C)C)c(OC)c1. The molecule has 1 rings (SSSR count). The fraction of sp³-hybridized carbons (Fsp3) is 0.591. The minimum Gasteiger partial charge on any atom is -0.493 e. The lowest BCUT2D eigenvalue weighted by Gasteiger charge is -2.12. The lowest BCUT2D eigenvalue weighted by molar-refractivity contribution is -0.121. The minimum atomic E-state index is -0.505. The molecule has 0 aliphatic heterocycles. The smallest absolute Gasteiger partial charge is 0.161 e. The number of Topliss-reactive ketones (excluding diaryl/α,β-unsaturated/α-hetero) is 1. The summed E-state index contributed by atoms with van der Waals surface area (Å²) in [6, 6.07) is 5.77. The van der Waals surface area contributed by atoms with E-state index in [-0.39, 0.29) is 12.2 Å². The number of aliphatic hydroxyl groups excluding tert-OH is 1. The van der Waals surface area contributed by atoms with Gasteiger partial charge in [-0.05, 0) is 50.5 Å². The van der Waals surface area contributed by atoms with Crippen molar-refractivity contribution in [3.05, 3.63) is 35.4 Å². The monoisotopic (exact) mass is 362 g/mol. The van der Waals surface area contributed by atoms with Gasteiger partial charge in [0.15, 0.2) is 11.5 Å². The Morgan fingerprint density at radius 1 is 1.23 bits per heavy atom. The highest BCUT2D eigenvalue weighted by Gasteiger charge is 2.12. The largest absolute Gasteiger partial charge is 0.493 e. The van der Waals surface area contributed by atoms with E-state index in [1.54, 1.807) is 7.11 Å². The second-order valence-corrected chi connectivity index (χ2v) is 6.97. The third-order valence-corrected chi connectivity index (χ3v) is 4.26. The molecular formula is C22H34O4. The number of hydrogen-bond acceptors (Lipinski definition) is 4. The fourth-order valence-electron chi connectivity index (χ4n) is 2.67. The normalized spacial score (nSPS) is 11.7. The molecule has 146 valence electrons. The van der Waals surface area contributed by atoms with Crippen LogP contribution < -0.4 is 9.47 Å². The summed E-state index contributed by atoms with van der Waals surface area (Å²) in [5.74, 6) is 1.49. The summed E-state index contributed by atoms with van der Waals surface area (Å²) < 4.78 is 11.1. The third-order valence-electron chi connectivity index (χ3n) is 4.26. The van der Waals surface area contributed by atoms with Crippen LogP contribution in [-0.4, -0.2) is 30.7 Å². The van der Waals surface area contributed by atoms with E-state index in [9.17, 15) is 9.90 Å². The zero-order chi connectivity index (χ0) is 19.4. The average molecular weight is 363 g/mol. The molecule has 26 heavy (non-hydrogen) atoms. The van der Waals surface area contributed by atoms with E-state index in [1.807, 2.05) is 38.1 Å². The van der Waals surface area contributed by atoms with Gasteiger partial charge < -0.3 is 14.6 Å². The Labute approximate surface area is 158 Å². The molecule has 1 N–H and O–H groups in total. The number of rotatable bonds is 13. The number of hydrogen-bond donors (Lipinski definition) is 1. The van der Waals surface area contributed by atoms with Crippen LogP contribution in [0.25, 0.3) is 0 Å². The molecule has 1 aromatic carbocycles. The number of carbonyl (C=O) groups excluding carboxylic acids is 1. The molecule has 4 nitrogen and oxygen atoms in total. The summed E-state index contributed by atoms with van der Waals surface area (Å²) in [6.07, 6.45) is 6.76. The molecule has 0 heterocycles. The van der Waals surface area contributed by atoms with Crippen molar-refractivity contribution in [2.45, 2.75) is 71.8 Å². The first-order valence-electron chi connectivity index (χ1n) is 9.59. The van der Waals surface area contributed by atoms with Gasteiger partial charge in [0, 0.05) is 12.8 Å². The van der Waals surface area contributed by atoms with Crippen molar-refractivity contribution in [3.63, 3.8) is 0 Å². The van der Waals surface area contributed by atoms with Gasteiger partial charge in [0.1, 0.15) is 12.4 Å². The van der Waals surface area contributed by atoms with Crippen molar-refractivity contribution in [3.8, 4) is 11.5 Å². The summed E-state index contributed by atoms with van der Waals surface area (Å²) >= 11 is 0. The average Bonchev–Trinajstić information content (AvgIpc) is 2.60. The van der Waals surface area contributed by atoms with Gasteiger partial charge in [0.2, 0.25) is 0 Å². The molecule has 0 aliphatic carbocycles. The molecule has 1 atom stereocenters. The van der Waals surface area contributed by atoms with Crippen molar-refractivity contribution in [1.29, 1.82) is 0 Å². The van der Waals surface area contributed by atoms with E-state index in [2.05, 4.69) is 6.92 Å². The lowest BCUT2D eigenvalue weighted by Crippen LogP contribution is -2.13. The van der Waals surface area contributed by atoms with Gasteiger partial charge in [0.25, 0.3) is 0 Å². The summed E-state index contributed by atoms with van der Waals surface area (Å²) in [4.78, 5) is 12.1. The number of ether oxygens (including phenoxy) is 2. The number of allylic oxidation sites excluding steroid dienone is 1. The predicted octanol–water partition coefficient (Wildman–Crippen LogP) is 4.87. The topological polar surface area (TPSA) is 55.8 Å². The summed E-state index contributed by atoms with van der Waals surface area (Å²) in [6.45, 7) is 6.69. The number of benzene rings is 1. The maximum atomic E-state index is 12.1. The third kappa shape index (κ3) is 9.04. The van der Waals surface area contributed by atoms with Gasteiger partial charge in [-0.25, -0.2) is 0 Å². The Morgan fingerprint density at radius 3 is 2.65 bits per heavy atom. The molecule has 0 aliphatic rings. The molecule has 0 saturated carbocycles. The molecule has 0 aromatic heterocycles. The van der Waals surface area contributed by atoms with Crippen LogP contribution in [0.4, 0.5) is 0 Å². The highest BCUT2D eigenvalue weighted by atomic mass is 16.5. The van der Waals surface area contributed by atoms with Crippen LogP contribution in [0.15, 0.2) is 29.8 Å². The van der Waals surface area contributed by atoms with Gasteiger partial charge in [-0.1, -0.05) is 37.8 Å². The quantitative estimate of drug-likeness (QED) is 0.402. The number of aliphatic hydroxyl groups is 1. The zero-order valence-electron chi connectivity index (χ0n) is 16.7. The molecule has 0 radical (unpaired) electrons. The van der Waals surface area contributed by atoms with E-state index in [0.717, 1.165) is 24.8 Å². The first kappa shape index (κ1) is 22.2. The van der Waals surface area contributed by atoms with E-state index >= 15 is 0 Å². The van der Waals surface area contributed by atoms with Gasteiger partial charge >= 0.3 is 0 Å².